The van der Waals surface area contributed by atoms with Crippen molar-refractivity contribution in [1.29, 1.82) is 0 Å². The fourth-order valence-electron chi connectivity index (χ4n) is 9.29. The van der Waals surface area contributed by atoms with E-state index in [1.54, 1.807) is 22.3 Å². The molecule has 2 heteroatoms. The summed E-state index contributed by atoms with van der Waals surface area (Å²) < 4.78 is 1.36. The Labute approximate surface area is 303 Å². The van der Waals surface area contributed by atoms with Crippen LogP contribution in [0.4, 0.5) is 0 Å². The van der Waals surface area contributed by atoms with Crippen LogP contribution in [0.5, 0.6) is 0 Å². The molecule has 0 aromatic heterocycles. The fourth-order valence-corrected chi connectivity index (χ4v) is 19.5. The van der Waals surface area contributed by atoms with Gasteiger partial charge in [0.1, 0.15) is 0 Å². The third-order valence-electron chi connectivity index (χ3n) is 11.4. The van der Waals surface area contributed by atoms with E-state index < -0.39 is 31.3 Å². The first-order valence-corrected chi connectivity index (χ1v) is 24.9. The SMILES string of the molecule is CCCCc1ccc(-c2cccc3c2C2=C(CCC)[CH]3[Zr][CH]3C(CCC)=C(c4c(-c5ccc(CCCC)cc5)cccc43)[Si]2(C)C)cc1. The van der Waals surface area contributed by atoms with Gasteiger partial charge in [-0.2, -0.15) is 0 Å². The molecule has 0 saturated carbocycles. The van der Waals surface area contributed by atoms with Crippen molar-refractivity contribution in [3.8, 4) is 22.3 Å². The zero-order valence-corrected chi connectivity index (χ0v) is 33.8. The van der Waals surface area contributed by atoms with Crippen LogP contribution in [0.25, 0.3) is 32.6 Å². The molecule has 4 aromatic carbocycles. The van der Waals surface area contributed by atoms with E-state index in [-0.39, 0.29) is 0 Å². The van der Waals surface area contributed by atoms with Crippen LogP contribution in [0, 0.1) is 0 Å². The molecule has 1 heterocycles. The monoisotopic (exact) mass is 724 g/mol. The molecule has 7 rings (SSSR count). The van der Waals surface area contributed by atoms with Gasteiger partial charge >= 0.3 is 306 Å². The first kappa shape index (κ1) is 33.9. The van der Waals surface area contributed by atoms with Crippen LogP contribution in [-0.2, 0) is 36.1 Å². The van der Waals surface area contributed by atoms with E-state index in [1.807, 2.05) is 21.5 Å². The summed E-state index contributed by atoms with van der Waals surface area (Å²) in [5.74, 6) is 0. The average molecular weight is 726 g/mol. The molecular formula is C46H54SiZr. The second kappa shape index (κ2) is 14.4. The predicted molar refractivity (Wildman–Crippen MR) is 208 cm³/mol. The number of hydrogen-bond donors (Lipinski definition) is 0. The molecule has 3 aliphatic rings. The molecule has 0 amide bonds. The molecule has 0 fully saturated rings. The molecule has 0 spiro atoms. The summed E-state index contributed by atoms with van der Waals surface area (Å²) >= 11 is -0.952. The number of fused-ring (bicyclic) bond motifs is 8. The van der Waals surface area contributed by atoms with Gasteiger partial charge in [0.25, 0.3) is 0 Å². The van der Waals surface area contributed by atoms with E-state index in [2.05, 4.69) is 126 Å². The van der Waals surface area contributed by atoms with Crippen LogP contribution in [0.1, 0.15) is 120 Å². The number of hydrogen-bond acceptors (Lipinski definition) is 0. The van der Waals surface area contributed by atoms with E-state index in [9.17, 15) is 0 Å². The number of allylic oxidation sites excluding steroid dienone is 2. The summed E-state index contributed by atoms with van der Waals surface area (Å²) in [6.07, 6.45) is 12.4. The molecule has 48 heavy (non-hydrogen) atoms. The minimum absolute atomic E-state index is 0.681. The van der Waals surface area contributed by atoms with Gasteiger partial charge in [0.15, 0.2) is 0 Å². The van der Waals surface area contributed by atoms with Gasteiger partial charge in [-0.1, -0.05) is 0 Å². The summed E-state index contributed by atoms with van der Waals surface area (Å²) in [4.78, 5) is 0. The number of unbranched alkanes of at least 4 members (excludes halogenated alkanes) is 2. The van der Waals surface area contributed by atoms with E-state index in [4.69, 9.17) is 0 Å². The van der Waals surface area contributed by atoms with Gasteiger partial charge in [0, 0.05) is 0 Å². The molecule has 0 radical (unpaired) electrons. The molecule has 4 aromatic rings. The summed E-state index contributed by atoms with van der Waals surface area (Å²) in [6.45, 7) is 14.9. The van der Waals surface area contributed by atoms with Gasteiger partial charge in [-0.25, -0.2) is 0 Å². The Kier molecular flexibility index (Phi) is 10.2. The summed E-state index contributed by atoms with van der Waals surface area (Å²) in [7, 11) is -2.15. The summed E-state index contributed by atoms with van der Waals surface area (Å²) in [5, 5.41) is 3.63. The summed E-state index contributed by atoms with van der Waals surface area (Å²) in [5.41, 5.74) is 19.2. The second-order valence-electron chi connectivity index (χ2n) is 15.1. The van der Waals surface area contributed by atoms with Crippen molar-refractivity contribution in [3.63, 3.8) is 0 Å². The van der Waals surface area contributed by atoms with Crippen molar-refractivity contribution in [1.82, 2.24) is 0 Å². The quantitative estimate of drug-likeness (QED) is 0.128. The van der Waals surface area contributed by atoms with E-state index >= 15 is 0 Å². The Hall–Kier alpha value is -2.54. The van der Waals surface area contributed by atoms with E-state index in [1.165, 1.54) is 97.6 Å². The Balaban J connectivity index is 1.42. The molecule has 2 aliphatic carbocycles. The van der Waals surface area contributed by atoms with Crippen LogP contribution in [-0.4, -0.2) is 8.07 Å². The van der Waals surface area contributed by atoms with Crippen molar-refractivity contribution in [2.45, 2.75) is 112 Å². The van der Waals surface area contributed by atoms with Gasteiger partial charge in [0.2, 0.25) is 0 Å². The van der Waals surface area contributed by atoms with Crippen LogP contribution >= 0.6 is 0 Å². The fraction of sp³-hybridized carbons (Fsp3) is 0.391. The first-order valence-electron chi connectivity index (χ1n) is 19.1. The first-order chi connectivity index (χ1) is 23.4. The van der Waals surface area contributed by atoms with Crippen molar-refractivity contribution in [2.24, 2.45) is 0 Å². The maximum absolute atomic E-state index is 2.74. The molecule has 1 aliphatic heterocycles. The van der Waals surface area contributed by atoms with E-state index in [0.29, 0.717) is 7.25 Å². The standard InChI is InChI=1S/C46H54Si.Zr/c1-7-11-17-33-23-27-35(28-24-33)41-21-13-19-37-31-39(15-9-3)45(43(37)41)47(5,6)46-40(16-10-4)32-38-20-14-22-42(44(38)46)36-29-25-34(26-30-36)18-12-8-2;/h13-14,19-32H,7-12,15-18H2,1-6H3;. The Morgan fingerprint density at radius 2 is 0.917 bits per heavy atom. The maximum atomic E-state index is 2.74. The van der Waals surface area contributed by atoms with Gasteiger partial charge in [-0.15, -0.1) is 0 Å². The number of rotatable bonds is 12. The zero-order valence-electron chi connectivity index (χ0n) is 30.3. The number of aryl methyl sites for hydroxylation is 2. The number of benzene rings is 4. The van der Waals surface area contributed by atoms with Crippen molar-refractivity contribution < 1.29 is 23.2 Å². The van der Waals surface area contributed by atoms with Crippen LogP contribution < -0.4 is 0 Å². The minimum atomic E-state index is -2.15. The van der Waals surface area contributed by atoms with Crippen LogP contribution in [0.3, 0.4) is 0 Å². The average Bonchev–Trinajstić information content (AvgIpc) is 3.61. The van der Waals surface area contributed by atoms with Gasteiger partial charge in [-0.05, 0) is 0 Å². The molecule has 246 valence electrons. The van der Waals surface area contributed by atoms with Crippen molar-refractivity contribution >= 4 is 18.5 Å². The third-order valence-corrected chi connectivity index (χ3v) is 20.0. The molecule has 2 unspecified atom stereocenters. The molecule has 0 saturated heterocycles. The molecule has 0 N–H and O–H groups in total. The van der Waals surface area contributed by atoms with Gasteiger partial charge in [-0.3, -0.25) is 0 Å². The molecule has 4 bridgehead atoms. The molecular weight excluding hydrogens is 672 g/mol. The van der Waals surface area contributed by atoms with Crippen LogP contribution in [0.2, 0.25) is 13.1 Å². The zero-order chi connectivity index (χ0) is 33.4. The van der Waals surface area contributed by atoms with Gasteiger partial charge < -0.3 is 0 Å². The topological polar surface area (TPSA) is 0 Å². The molecule has 0 nitrogen and oxygen atoms in total. The van der Waals surface area contributed by atoms with E-state index in [0.717, 1.165) is 0 Å². The summed E-state index contributed by atoms with van der Waals surface area (Å²) in [6, 6.07) is 34.2. The Morgan fingerprint density at radius 1 is 0.500 bits per heavy atom. The Bertz CT molecular complexity index is 1720. The van der Waals surface area contributed by atoms with Crippen LogP contribution in [0.15, 0.2) is 96.1 Å². The van der Waals surface area contributed by atoms with Gasteiger partial charge in [0.05, 0.1) is 0 Å². The predicted octanol–water partition coefficient (Wildman–Crippen LogP) is 13.5. The molecule has 2 atom stereocenters. The second-order valence-corrected chi connectivity index (χ2v) is 23.0. The third kappa shape index (κ3) is 5.88. The Morgan fingerprint density at radius 3 is 1.29 bits per heavy atom. The normalized spacial score (nSPS) is 18.8. The van der Waals surface area contributed by atoms with Crippen molar-refractivity contribution in [3.05, 3.63) is 129 Å². The van der Waals surface area contributed by atoms with Crippen molar-refractivity contribution in [2.75, 3.05) is 0 Å².